The van der Waals surface area contributed by atoms with Crippen LogP contribution in [0.1, 0.15) is 23.0 Å². The first-order valence-corrected chi connectivity index (χ1v) is 6.55. The van der Waals surface area contributed by atoms with E-state index in [1.54, 1.807) is 11.3 Å². The van der Waals surface area contributed by atoms with E-state index in [1.165, 1.54) is 0 Å². The highest BCUT2D eigenvalue weighted by molar-refractivity contribution is 7.09. The molecule has 0 amide bonds. The van der Waals surface area contributed by atoms with Gasteiger partial charge in [0.25, 0.3) is 0 Å². The molecule has 3 N–H and O–H groups in total. The smallest absolute Gasteiger partial charge is 0.320 e. The lowest BCUT2D eigenvalue weighted by molar-refractivity contribution is -0.138. The van der Waals surface area contributed by atoms with Crippen LogP contribution in [0.15, 0.2) is 5.38 Å². The molecule has 5 nitrogen and oxygen atoms in total. The standard InChI is InChI=1S/C11H17N3O2S/c1-14-3-2-7(5-14)10-13-8(6-17-10)4-9(12)11(15)16/h6-7,9H,2-5,12H2,1H3,(H,15,16). The van der Waals surface area contributed by atoms with Crippen LogP contribution >= 0.6 is 11.3 Å². The Morgan fingerprint density at radius 2 is 2.59 bits per heavy atom. The summed E-state index contributed by atoms with van der Waals surface area (Å²) in [6.45, 7) is 2.14. The van der Waals surface area contributed by atoms with Gasteiger partial charge in [-0.1, -0.05) is 0 Å². The highest BCUT2D eigenvalue weighted by atomic mass is 32.1. The largest absolute Gasteiger partial charge is 0.480 e. The summed E-state index contributed by atoms with van der Waals surface area (Å²) < 4.78 is 0. The molecule has 6 heteroatoms. The maximum Gasteiger partial charge on any atom is 0.320 e. The minimum atomic E-state index is -0.972. The average Bonchev–Trinajstić information content (AvgIpc) is 2.86. The van der Waals surface area contributed by atoms with Crippen molar-refractivity contribution < 1.29 is 9.90 Å². The molecule has 1 aliphatic heterocycles. The highest BCUT2D eigenvalue weighted by Crippen LogP contribution is 2.28. The lowest BCUT2D eigenvalue weighted by atomic mass is 10.1. The second-order valence-electron chi connectivity index (χ2n) is 4.57. The zero-order valence-electron chi connectivity index (χ0n) is 9.80. The number of aromatic nitrogens is 1. The number of carboxylic acid groups (broad SMARTS) is 1. The van der Waals surface area contributed by atoms with Crippen molar-refractivity contribution in [1.82, 2.24) is 9.88 Å². The molecule has 2 atom stereocenters. The minimum Gasteiger partial charge on any atom is -0.480 e. The molecule has 0 radical (unpaired) electrons. The summed E-state index contributed by atoms with van der Waals surface area (Å²) in [7, 11) is 2.11. The molecule has 0 aromatic carbocycles. The third kappa shape index (κ3) is 3.02. The Kier molecular flexibility index (Phi) is 3.76. The van der Waals surface area contributed by atoms with Crippen LogP contribution in [0.4, 0.5) is 0 Å². The van der Waals surface area contributed by atoms with Gasteiger partial charge < -0.3 is 15.7 Å². The fourth-order valence-electron chi connectivity index (χ4n) is 2.05. The Morgan fingerprint density at radius 3 is 3.18 bits per heavy atom. The minimum absolute atomic E-state index is 0.314. The summed E-state index contributed by atoms with van der Waals surface area (Å²) in [5.74, 6) is -0.472. The van der Waals surface area contributed by atoms with Gasteiger partial charge in [-0.2, -0.15) is 0 Å². The SMILES string of the molecule is CN1CCC(c2nc(CC(N)C(=O)O)cs2)C1. The van der Waals surface area contributed by atoms with Crippen LogP contribution in [0.2, 0.25) is 0 Å². The summed E-state index contributed by atoms with van der Waals surface area (Å²) in [5, 5.41) is 11.8. The van der Waals surface area contributed by atoms with Gasteiger partial charge in [-0.3, -0.25) is 4.79 Å². The van der Waals surface area contributed by atoms with Crippen molar-refractivity contribution in [2.45, 2.75) is 24.8 Å². The first-order chi connectivity index (χ1) is 8.06. The quantitative estimate of drug-likeness (QED) is 0.820. The van der Waals surface area contributed by atoms with E-state index in [2.05, 4.69) is 16.9 Å². The summed E-state index contributed by atoms with van der Waals surface area (Å²) >= 11 is 1.62. The molecule has 1 saturated heterocycles. The van der Waals surface area contributed by atoms with Crippen molar-refractivity contribution in [1.29, 1.82) is 0 Å². The maximum absolute atomic E-state index is 10.7. The Morgan fingerprint density at radius 1 is 1.82 bits per heavy atom. The number of likely N-dealkylation sites (N-methyl/N-ethyl adjacent to an activating group) is 1. The molecule has 94 valence electrons. The van der Waals surface area contributed by atoms with Crippen molar-refractivity contribution in [3.63, 3.8) is 0 Å². The zero-order valence-corrected chi connectivity index (χ0v) is 10.6. The number of nitrogens with two attached hydrogens (primary N) is 1. The molecule has 2 unspecified atom stereocenters. The molecule has 0 spiro atoms. The number of likely N-dealkylation sites (tertiary alicyclic amines) is 1. The monoisotopic (exact) mass is 255 g/mol. The zero-order chi connectivity index (χ0) is 12.4. The van der Waals surface area contributed by atoms with Gasteiger partial charge in [-0.15, -0.1) is 11.3 Å². The Labute approximate surface area is 104 Å². The van der Waals surface area contributed by atoms with Gasteiger partial charge in [-0.25, -0.2) is 4.98 Å². The molecular weight excluding hydrogens is 238 g/mol. The van der Waals surface area contributed by atoms with Crippen molar-refractivity contribution >= 4 is 17.3 Å². The predicted octanol–water partition coefficient (Wildman–Crippen LogP) is 0.517. The second kappa shape index (κ2) is 5.12. The molecule has 1 aromatic heterocycles. The summed E-state index contributed by atoms with van der Waals surface area (Å²) in [5.41, 5.74) is 6.29. The molecule has 2 rings (SSSR count). The van der Waals surface area contributed by atoms with Crippen LogP contribution in [0, 0.1) is 0 Å². The van der Waals surface area contributed by atoms with E-state index in [0.717, 1.165) is 30.2 Å². The second-order valence-corrected chi connectivity index (χ2v) is 5.46. The van der Waals surface area contributed by atoms with Crippen LogP contribution < -0.4 is 5.73 Å². The molecule has 1 aliphatic rings. The van der Waals surface area contributed by atoms with E-state index in [9.17, 15) is 4.79 Å². The number of aliphatic carboxylic acids is 1. The summed E-state index contributed by atoms with van der Waals surface area (Å²) in [6.07, 6.45) is 1.45. The van der Waals surface area contributed by atoms with Crippen molar-refractivity contribution in [2.75, 3.05) is 20.1 Å². The normalized spacial score (nSPS) is 22.8. The highest BCUT2D eigenvalue weighted by Gasteiger charge is 2.24. The molecule has 1 aromatic rings. The lowest BCUT2D eigenvalue weighted by Crippen LogP contribution is -2.32. The number of carbonyl (C=O) groups is 1. The third-order valence-corrected chi connectivity index (χ3v) is 4.11. The summed E-state index contributed by atoms with van der Waals surface area (Å²) in [4.78, 5) is 17.4. The van der Waals surface area contributed by atoms with Gasteiger partial charge in [0.05, 0.1) is 10.7 Å². The molecule has 17 heavy (non-hydrogen) atoms. The van der Waals surface area contributed by atoms with Crippen molar-refractivity contribution in [2.24, 2.45) is 5.73 Å². The van der Waals surface area contributed by atoms with E-state index in [1.807, 2.05) is 5.38 Å². The maximum atomic E-state index is 10.7. The van der Waals surface area contributed by atoms with E-state index in [4.69, 9.17) is 10.8 Å². The van der Waals surface area contributed by atoms with Gasteiger partial charge in [-0.05, 0) is 20.0 Å². The van der Waals surface area contributed by atoms with Crippen LogP contribution in [0.25, 0.3) is 0 Å². The van der Waals surface area contributed by atoms with Crippen LogP contribution in [-0.2, 0) is 11.2 Å². The van der Waals surface area contributed by atoms with Gasteiger partial charge in [0, 0.05) is 24.3 Å². The predicted molar refractivity (Wildman–Crippen MR) is 66.3 cm³/mol. The molecule has 0 bridgehead atoms. The van der Waals surface area contributed by atoms with E-state index < -0.39 is 12.0 Å². The number of thiazole rings is 1. The molecule has 0 aliphatic carbocycles. The van der Waals surface area contributed by atoms with Gasteiger partial charge in [0.2, 0.25) is 0 Å². The first-order valence-electron chi connectivity index (χ1n) is 5.67. The van der Waals surface area contributed by atoms with E-state index in [0.29, 0.717) is 12.3 Å². The number of rotatable bonds is 4. The Balaban J connectivity index is 1.98. The molecular formula is C11H17N3O2S. The lowest BCUT2D eigenvalue weighted by Gasteiger charge is -2.07. The third-order valence-electron chi connectivity index (χ3n) is 3.06. The first kappa shape index (κ1) is 12.5. The topological polar surface area (TPSA) is 79.5 Å². The van der Waals surface area contributed by atoms with Crippen LogP contribution in [0.5, 0.6) is 0 Å². The summed E-state index contributed by atoms with van der Waals surface area (Å²) in [6, 6.07) is -0.851. The van der Waals surface area contributed by atoms with Crippen LogP contribution in [0.3, 0.4) is 0 Å². The van der Waals surface area contributed by atoms with Crippen molar-refractivity contribution in [3.05, 3.63) is 16.1 Å². The Hall–Kier alpha value is -0.980. The van der Waals surface area contributed by atoms with Gasteiger partial charge in [0.1, 0.15) is 6.04 Å². The van der Waals surface area contributed by atoms with E-state index in [-0.39, 0.29) is 0 Å². The Bertz CT molecular complexity index is 407. The fourth-order valence-corrected chi connectivity index (χ4v) is 3.01. The van der Waals surface area contributed by atoms with Gasteiger partial charge >= 0.3 is 5.97 Å². The van der Waals surface area contributed by atoms with Gasteiger partial charge in [0.15, 0.2) is 0 Å². The molecule has 0 saturated carbocycles. The number of nitrogens with zero attached hydrogens (tertiary/aromatic N) is 2. The van der Waals surface area contributed by atoms with Crippen molar-refractivity contribution in [3.8, 4) is 0 Å². The van der Waals surface area contributed by atoms with E-state index >= 15 is 0 Å². The average molecular weight is 255 g/mol. The molecule has 2 heterocycles. The number of carboxylic acids is 1. The van der Waals surface area contributed by atoms with Crippen LogP contribution in [-0.4, -0.2) is 47.1 Å². The number of hydrogen-bond donors (Lipinski definition) is 2. The number of hydrogen-bond acceptors (Lipinski definition) is 5. The molecule has 1 fully saturated rings. The fraction of sp³-hybridized carbons (Fsp3) is 0.636.